The number of hydrogen-bond acceptors (Lipinski definition) is 3. The van der Waals surface area contributed by atoms with Gasteiger partial charge in [0.25, 0.3) is 0 Å². The summed E-state index contributed by atoms with van der Waals surface area (Å²) in [6.07, 6.45) is 0. The van der Waals surface area contributed by atoms with Crippen LogP contribution in [0.2, 0.25) is 10.0 Å². The first kappa shape index (κ1) is 16.0. The molecule has 6 heteroatoms. The van der Waals surface area contributed by atoms with Gasteiger partial charge in [0.15, 0.2) is 15.6 Å². The second kappa shape index (κ2) is 6.60. The van der Waals surface area contributed by atoms with E-state index in [1.807, 2.05) is 0 Å². The molecule has 0 aliphatic carbocycles. The van der Waals surface area contributed by atoms with Crippen molar-refractivity contribution in [3.63, 3.8) is 0 Å². The van der Waals surface area contributed by atoms with Gasteiger partial charge < -0.3 is 0 Å². The van der Waals surface area contributed by atoms with Crippen molar-refractivity contribution >= 4 is 38.8 Å². The summed E-state index contributed by atoms with van der Waals surface area (Å²) in [5.74, 6) is -1.21. The molecule has 21 heavy (non-hydrogen) atoms. The van der Waals surface area contributed by atoms with Gasteiger partial charge in [0, 0.05) is 15.6 Å². The number of benzene rings is 2. The summed E-state index contributed by atoms with van der Waals surface area (Å²) in [7, 11) is -3.54. The molecule has 2 rings (SSSR count). The van der Waals surface area contributed by atoms with Gasteiger partial charge in [0.2, 0.25) is 0 Å². The van der Waals surface area contributed by atoms with E-state index in [-0.39, 0.29) is 5.75 Å². The molecule has 0 saturated heterocycles. The number of ketones is 1. The molecule has 0 atom stereocenters. The second-order valence-electron chi connectivity index (χ2n) is 4.59. The third kappa shape index (κ3) is 4.84. The van der Waals surface area contributed by atoms with Gasteiger partial charge in [-0.15, -0.1) is 0 Å². The summed E-state index contributed by atoms with van der Waals surface area (Å²) in [6.45, 7) is 0. The molecule has 0 spiro atoms. The highest BCUT2D eigenvalue weighted by Gasteiger charge is 2.18. The van der Waals surface area contributed by atoms with E-state index in [2.05, 4.69) is 0 Å². The molecule has 0 unspecified atom stereocenters. The molecule has 0 radical (unpaired) electrons. The van der Waals surface area contributed by atoms with Crippen LogP contribution in [-0.4, -0.2) is 20.0 Å². The lowest BCUT2D eigenvalue weighted by Gasteiger charge is -2.05. The fourth-order valence-corrected chi connectivity index (χ4v) is 3.52. The van der Waals surface area contributed by atoms with E-state index in [0.29, 0.717) is 21.2 Å². The van der Waals surface area contributed by atoms with Crippen LogP contribution in [0.3, 0.4) is 0 Å². The Hall–Kier alpha value is -1.36. The average Bonchev–Trinajstić information content (AvgIpc) is 2.40. The van der Waals surface area contributed by atoms with E-state index < -0.39 is 21.4 Å². The van der Waals surface area contributed by atoms with Crippen molar-refractivity contribution in [2.45, 2.75) is 5.75 Å². The number of Topliss-reactive ketones (excluding diaryl/α,β-unsaturated/α-hetero) is 1. The summed E-state index contributed by atoms with van der Waals surface area (Å²) in [6, 6.07) is 12.7. The van der Waals surface area contributed by atoms with Crippen molar-refractivity contribution in [2.75, 3.05) is 5.75 Å². The van der Waals surface area contributed by atoms with Crippen molar-refractivity contribution in [3.8, 4) is 0 Å². The predicted molar refractivity (Wildman–Crippen MR) is 84.7 cm³/mol. The van der Waals surface area contributed by atoms with E-state index in [0.717, 1.165) is 0 Å². The number of halogens is 2. The Balaban J connectivity index is 2.10. The van der Waals surface area contributed by atoms with Gasteiger partial charge in [-0.25, -0.2) is 8.42 Å². The lowest BCUT2D eigenvalue weighted by molar-refractivity contribution is 0.102. The van der Waals surface area contributed by atoms with Gasteiger partial charge in [-0.2, -0.15) is 0 Å². The number of hydrogen-bond donors (Lipinski definition) is 0. The molecule has 0 saturated carbocycles. The Bertz CT molecular complexity index is 753. The van der Waals surface area contributed by atoms with Crippen LogP contribution in [0.1, 0.15) is 15.9 Å². The molecule has 0 N–H and O–H groups in total. The maximum absolute atomic E-state index is 12.1. The third-order valence-electron chi connectivity index (χ3n) is 2.80. The van der Waals surface area contributed by atoms with Gasteiger partial charge >= 0.3 is 0 Å². The molecular formula is C15H12Cl2O3S. The standard InChI is InChI=1S/C15H12Cl2O3S/c16-13-6-4-11(5-7-13)9-21(19,20)10-15(18)12-2-1-3-14(17)8-12/h1-8H,9-10H2. The molecule has 2 aromatic carbocycles. The molecule has 0 amide bonds. The minimum absolute atomic E-state index is 0.198. The maximum Gasteiger partial charge on any atom is 0.177 e. The Morgan fingerprint density at radius 1 is 0.952 bits per heavy atom. The quantitative estimate of drug-likeness (QED) is 0.776. The number of carbonyl (C=O) groups excluding carboxylic acids is 1. The molecule has 0 fully saturated rings. The summed E-state index contributed by atoms with van der Waals surface area (Å²) < 4.78 is 24.1. The highest BCUT2D eigenvalue weighted by molar-refractivity contribution is 7.91. The van der Waals surface area contributed by atoms with Gasteiger partial charge in [0.1, 0.15) is 5.75 Å². The predicted octanol–water partition coefficient (Wildman–Crippen LogP) is 3.79. The van der Waals surface area contributed by atoms with Gasteiger partial charge in [0.05, 0.1) is 5.75 Å². The number of carbonyl (C=O) groups is 1. The summed E-state index contributed by atoms with van der Waals surface area (Å²) >= 11 is 11.5. The van der Waals surface area contributed by atoms with Crippen molar-refractivity contribution in [1.82, 2.24) is 0 Å². The average molecular weight is 343 g/mol. The third-order valence-corrected chi connectivity index (χ3v) is 4.76. The molecule has 0 aromatic heterocycles. The summed E-state index contributed by atoms with van der Waals surface area (Å²) in [5, 5.41) is 0.933. The molecule has 0 heterocycles. The molecule has 3 nitrogen and oxygen atoms in total. The van der Waals surface area contributed by atoms with Crippen LogP contribution in [0.25, 0.3) is 0 Å². The minimum atomic E-state index is -3.54. The zero-order valence-corrected chi connectivity index (χ0v) is 13.3. The zero-order valence-electron chi connectivity index (χ0n) is 10.9. The lowest BCUT2D eigenvalue weighted by atomic mass is 10.1. The molecule has 0 aliphatic rings. The Kier molecular flexibility index (Phi) is 5.04. The Morgan fingerprint density at radius 3 is 2.24 bits per heavy atom. The highest BCUT2D eigenvalue weighted by atomic mass is 35.5. The van der Waals surface area contributed by atoms with Crippen molar-refractivity contribution in [2.24, 2.45) is 0 Å². The van der Waals surface area contributed by atoms with Crippen LogP contribution in [0.15, 0.2) is 48.5 Å². The first-order valence-corrected chi connectivity index (χ1v) is 8.67. The van der Waals surface area contributed by atoms with Crippen molar-refractivity contribution < 1.29 is 13.2 Å². The van der Waals surface area contributed by atoms with Crippen LogP contribution in [0.4, 0.5) is 0 Å². The van der Waals surface area contributed by atoms with Crippen LogP contribution in [0, 0.1) is 0 Å². The normalized spacial score (nSPS) is 11.3. The number of sulfone groups is 1. The summed E-state index contributed by atoms with van der Waals surface area (Å²) in [4.78, 5) is 12.0. The van der Waals surface area contributed by atoms with Crippen molar-refractivity contribution in [3.05, 3.63) is 69.7 Å². The van der Waals surface area contributed by atoms with Crippen LogP contribution < -0.4 is 0 Å². The van der Waals surface area contributed by atoms with Gasteiger partial charge in [-0.3, -0.25) is 4.79 Å². The first-order valence-electron chi connectivity index (χ1n) is 6.09. The molecular weight excluding hydrogens is 331 g/mol. The largest absolute Gasteiger partial charge is 0.293 e. The summed E-state index contributed by atoms with van der Waals surface area (Å²) in [5.41, 5.74) is 0.889. The highest BCUT2D eigenvalue weighted by Crippen LogP contribution is 2.15. The monoisotopic (exact) mass is 342 g/mol. The van der Waals surface area contributed by atoms with E-state index in [9.17, 15) is 13.2 Å². The Morgan fingerprint density at radius 2 is 1.62 bits per heavy atom. The van der Waals surface area contributed by atoms with Gasteiger partial charge in [-0.1, -0.05) is 47.5 Å². The second-order valence-corrected chi connectivity index (χ2v) is 7.53. The Labute approximate surface area is 133 Å². The van der Waals surface area contributed by atoms with E-state index in [4.69, 9.17) is 23.2 Å². The van der Waals surface area contributed by atoms with Gasteiger partial charge in [-0.05, 0) is 29.8 Å². The van der Waals surface area contributed by atoms with Crippen LogP contribution >= 0.6 is 23.2 Å². The molecule has 2 aromatic rings. The smallest absolute Gasteiger partial charge is 0.177 e. The van der Waals surface area contributed by atoms with E-state index >= 15 is 0 Å². The fourth-order valence-electron chi connectivity index (χ4n) is 1.83. The first-order chi connectivity index (χ1) is 9.85. The van der Waals surface area contributed by atoms with Crippen molar-refractivity contribution in [1.29, 1.82) is 0 Å². The van der Waals surface area contributed by atoms with Crippen LogP contribution in [0.5, 0.6) is 0 Å². The number of rotatable bonds is 5. The molecule has 0 aliphatic heterocycles. The molecule has 110 valence electrons. The molecule has 0 bridgehead atoms. The lowest BCUT2D eigenvalue weighted by Crippen LogP contribution is -2.18. The fraction of sp³-hybridized carbons (Fsp3) is 0.133. The zero-order chi connectivity index (χ0) is 15.5. The minimum Gasteiger partial charge on any atom is -0.293 e. The SMILES string of the molecule is O=C(CS(=O)(=O)Cc1ccc(Cl)cc1)c1cccc(Cl)c1. The van der Waals surface area contributed by atoms with E-state index in [1.54, 1.807) is 42.5 Å². The van der Waals surface area contributed by atoms with E-state index in [1.165, 1.54) is 6.07 Å². The van der Waals surface area contributed by atoms with Crippen LogP contribution in [-0.2, 0) is 15.6 Å². The topological polar surface area (TPSA) is 51.2 Å². The maximum atomic E-state index is 12.1.